The number of aromatic nitrogens is 5. The molecule has 0 spiro atoms. The molecule has 196 valence electrons. The van der Waals surface area contributed by atoms with E-state index in [4.69, 9.17) is 9.97 Å². The molecule has 0 fully saturated rings. The van der Waals surface area contributed by atoms with Crippen LogP contribution in [0.4, 0.5) is 0 Å². The molecular formula is C37H23N5. The summed E-state index contributed by atoms with van der Waals surface area (Å²) in [5, 5.41) is 4.88. The SMILES string of the molecule is CC1(C)c2ccccc2-c2c1ccc1nc3n(c4cccc5c4n3c3nc4c6ccccc6c6ccccc6c4n53)c21. The van der Waals surface area contributed by atoms with Crippen LogP contribution in [0.3, 0.4) is 0 Å². The van der Waals surface area contributed by atoms with Crippen molar-refractivity contribution in [3.05, 3.63) is 114 Å². The molecule has 1 aliphatic carbocycles. The van der Waals surface area contributed by atoms with Gasteiger partial charge in [-0.25, -0.2) is 14.4 Å². The lowest BCUT2D eigenvalue weighted by Gasteiger charge is -2.21. The maximum Gasteiger partial charge on any atom is 0.223 e. The highest BCUT2D eigenvalue weighted by Gasteiger charge is 2.38. The van der Waals surface area contributed by atoms with E-state index >= 15 is 0 Å². The third kappa shape index (κ3) is 2.15. The molecule has 42 heavy (non-hydrogen) atoms. The predicted molar refractivity (Wildman–Crippen MR) is 171 cm³/mol. The number of imidazole rings is 4. The quantitative estimate of drug-likeness (QED) is 0.181. The highest BCUT2D eigenvalue weighted by Crippen LogP contribution is 2.51. The van der Waals surface area contributed by atoms with Crippen LogP contribution in [0.5, 0.6) is 0 Å². The lowest BCUT2D eigenvalue weighted by atomic mass is 9.82. The summed E-state index contributed by atoms with van der Waals surface area (Å²) < 4.78 is 7.02. The summed E-state index contributed by atoms with van der Waals surface area (Å²) in [6.45, 7) is 4.67. The Morgan fingerprint density at radius 3 is 1.95 bits per heavy atom. The first-order valence-electron chi connectivity index (χ1n) is 14.5. The summed E-state index contributed by atoms with van der Waals surface area (Å²) in [5.41, 5.74) is 13.1. The fourth-order valence-electron chi connectivity index (χ4n) is 8.19. The second-order valence-electron chi connectivity index (χ2n) is 12.3. The smallest absolute Gasteiger partial charge is 0.223 e. The topological polar surface area (TPSA) is 39.0 Å². The van der Waals surface area contributed by atoms with Crippen molar-refractivity contribution in [2.24, 2.45) is 0 Å². The zero-order valence-corrected chi connectivity index (χ0v) is 23.1. The van der Waals surface area contributed by atoms with Crippen molar-refractivity contribution in [3.8, 4) is 11.1 Å². The van der Waals surface area contributed by atoms with Crippen LogP contribution < -0.4 is 0 Å². The van der Waals surface area contributed by atoms with E-state index in [9.17, 15) is 0 Å². The third-order valence-electron chi connectivity index (χ3n) is 9.96. The van der Waals surface area contributed by atoms with Gasteiger partial charge in [-0.1, -0.05) is 98.8 Å². The second kappa shape index (κ2) is 6.72. The third-order valence-corrected chi connectivity index (χ3v) is 9.96. The lowest BCUT2D eigenvalue weighted by Crippen LogP contribution is -2.14. The van der Waals surface area contributed by atoms with Crippen LogP contribution in [0.2, 0.25) is 0 Å². The molecule has 0 amide bonds. The molecule has 4 aromatic heterocycles. The van der Waals surface area contributed by atoms with Crippen LogP contribution in [0.15, 0.2) is 103 Å². The van der Waals surface area contributed by atoms with E-state index in [-0.39, 0.29) is 5.41 Å². The minimum absolute atomic E-state index is 0.0685. The van der Waals surface area contributed by atoms with E-state index < -0.39 is 0 Å². The fraction of sp³-hybridized carbons (Fsp3) is 0.0811. The number of nitrogens with zero attached hydrogens (tertiary/aromatic N) is 5. The number of para-hydroxylation sites is 1. The summed E-state index contributed by atoms with van der Waals surface area (Å²) in [6.07, 6.45) is 0. The maximum atomic E-state index is 5.41. The van der Waals surface area contributed by atoms with Crippen molar-refractivity contribution in [2.75, 3.05) is 0 Å². The van der Waals surface area contributed by atoms with E-state index in [1.165, 1.54) is 49.3 Å². The van der Waals surface area contributed by atoms with Crippen molar-refractivity contribution in [3.63, 3.8) is 0 Å². The molecule has 0 unspecified atom stereocenters. The van der Waals surface area contributed by atoms with Gasteiger partial charge in [-0.3, -0.25) is 8.80 Å². The molecule has 4 heterocycles. The molecule has 0 aliphatic heterocycles. The standard InChI is InChI=1S/C37H23N5/c1-37(2)25-15-8-7-14-24(25)30-26(37)18-19-27-33(30)41-29-17-9-16-28-34(29)42(35(41)38-27)36-39-31-22-12-5-3-10-20(22)21-11-4-6-13-23(21)32(31)40(28)36/h3-19H,1-2H3. The second-order valence-corrected chi connectivity index (χ2v) is 12.3. The van der Waals surface area contributed by atoms with E-state index in [1.54, 1.807) is 0 Å². The molecule has 5 nitrogen and oxygen atoms in total. The summed E-state index contributed by atoms with van der Waals surface area (Å²) in [6, 6.07) is 37.4. The lowest BCUT2D eigenvalue weighted by molar-refractivity contribution is 0.661. The fourth-order valence-corrected chi connectivity index (χ4v) is 8.19. The van der Waals surface area contributed by atoms with Gasteiger partial charge in [0.05, 0.1) is 33.1 Å². The number of rotatable bonds is 0. The van der Waals surface area contributed by atoms with E-state index in [0.29, 0.717) is 0 Å². The summed E-state index contributed by atoms with van der Waals surface area (Å²) >= 11 is 0. The van der Waals surface area contributed by atoms with Gasteiger partial charge in [-0.2, -0.15) is 0 Å². The van der Waals surface area contributed by atoms with E-state index in [1.807, 2.05) is 0 Å². The van der Waals surface area contributed by atoms with E-state index in [2.05, 4.69) is 130 Å². The number of benzene rings is 6. The van der Waals surface area contributed by atoms with Crippen LogP contribution in [0, 0.1) is 0 Å². The van der Waals surface area contributed by atoms with E-state index in [0.717, 1.165) is 44.7 Å². The Morgan fingerprint density at radius 1 is 0.500 bits per heavy atom. The Balaban J connectivity index is 1.40. The average molecular weight is 538 g/mol. The van der Waals surface area contributed by atoms with Crippen molar-refractivity contribution in [1.82, 2.24) is 23.2 Å². The molecule has 6 aromatic carbocycles. The normalized spacial score (nSPS) is 14.6. The van der Waals surface area contributed by atoms with Gasteiger partial charge in [0.1, 0.15) is 5.52 Å². The average Bonchev–Trinajstić information content (AvgIpc) is 3.79. The Morgan fingerprint density at radius 2 is 1.14 bits per heavy atom. The molecule has 0 atom stereocenters. The largest absolute Gasteiger partial charge is 0.275 e. The Bertz CT molecular complexity index is 2820. The molecule has 5 heteroatoms. The first-order chi connectivity index (χ1) is 20.6. The first kappa shape index (κ1) is 21.3. The zero-order chi connectivity index (χ0) is 27.5. The molecule has 10 aromatic rings. The number of hydrogen-bond acceptors (Lipinski definition) is 2. The summed E-state index contributed by atoms with van der Waals surface area (Å²) in [7, 11) is 0. The Hall–Kier alpha value is -5.42. The highest BCUT2D eigenvalue weighted by atomic mass is 15.3. The Kier molecular flexibility index (Phi) is 3.41. The molecule has 11 rings (SSSR count). The monoisotopic (exact) mass is 537 g/mol. The summed E-state index contributed by atoms with van der Waals surface area (Å²) in [4.78, 5) is 10.7. The van der Waals surface area contributed by atoms with Crippen LogP contribution >= 0.6 is 0 Å². The molecule has 0 bridgehead atoms. The number of fused-ring (bicyclic) bond motifs is 19. The minimum Gasteiger partial charge on any atom is -0.275 e. The maximum absolute atomic E-state index is 5.41. The van der Waals surface area contributed by atoms with Gasteiger partial charge in [0.2, 0.25) is 11.6 Å². The molecule has 0 saturated heterocycles. The molecule has 0 saturated carbocycles. The Labute approximate surface area is 239 Å². The van der Waals surface area contributed by atoms with Crippen molar-refractivity contribution >= 4 is 71.7 Å². The number of hydrogen-bond donors (Lipinski definition) is 0. The van der Waals surface area contributed by atoms with Crippen molar-refractivity contribution < 1.29 is 0 Å². The van der Waals surface area contributed by atoms with Gasteiger partial charge < -0.3 is 0 Å². The van der Waals surface area contributed by atoms with Crippen molar-refractivity contribution in [1.29, 1.82) is 0 Å². The van der Waals surface area contributed by atoms with Crippen LogP contribution in [-0.4, -0.2) is 23.2 Å². The van der Waals surface area contributed by atoms with Crippen LogP contribution in [-0.2, 0) is 5.41 Å². The summed E-state index contributed by atoms with van der Waals surface area (Å²) in [5.74, 6) is 1.81. The van der Waals surface area contributed by atoms with Gasteiger partial charge in [0, 0.05) is 21.8 Å². The minimum atomic E-state index is -0.0685. The first-order valence-corrected chi connectivity index (χ1v) is 14.5. The van der Waals surface area contributed by atoms with Gasteiger partial charge in [0.25, 0.3) is 0 Å². The predicted octanol–water partition coefficient (Wildman–Crippen LogP) is 8.74. The molecule has 0 radical (unpaired) electrons. The zero-order valence-electron chi connectivity index (χ0n) is 23.1. The van der Waals surface area contributed by atoms with Gasteiger partial charge >= 0.3 is 0 Å². The highest BCUT2D eigenvalue weighted by molar-refractivity contribution is 6.25. The van der Waals surface area contributed by atoms with Gasteiger partial charge in [-0.15, -0.1) is 0 Å². The van der Waals surface area contributed by atoms with Gasteiger partial charge in [-0.05, 0) is 45.7 Å². The molecule has 1 aliphatic rings. The van der Waals surface area contributed by atoms with Crippen LogP contribution in [0.25, 0.3) is 82.8 Å². The molecule has 0 N–H and O–H groups in total. The van der Waals surface area contributed by atoms with Crippen LogP contribution in [0.1, 0.15) is 25.0 Å². The molecular weight excluding hydrogens is 514 g/mol. The van der Waals surface area contributed by atoms with Gasteiger partial charge in [0.15, 0.2) is 0 Å². The van der Waals surface area contributed by atoms with Crippen molar-refractivity contribution in [2.45, 2.75) is 19.3 Å².